The van der Waals surface area contributed by atoms with Crippen molar-refractivity contribution in [2.75, 3.05) is 26.2 Å². The molecular formula is C16H32IN3O2. The molecule has 5 nitrogen and oxygen atoms in total. The molecule has 0 amide bonds. The lowest BCUT2D eigenvalue weighted by Crippen LogP contribution is -2.48. The Kier molecular flexibility index (Phi) is 7.88. The normalized spacial score (nSPS) is 29.7. The first kappa shape index (κ1) is 20.0. The lowest BCUT2D eigenvalue weighted by atomic mass is 9.80. The van der Waals surface area contributed by atoms with E-state index in [9.17, 15) is 0 Å². The van der Waals surface area contributed by atoms with Crippen LogP contribution in [0, 0.1) is 5.92 Å². The molecule has 0 aromatic rings. The number of hydrogen-bond acceptors (Lipinski definition) is 3. The van der Waals surface area contributed by atoms with Crippen molar-refractivity contribution >= 4 is 29.9 Å². The second kappa shape index (κ2) is 8.68. The Labute approximate surface area is 152 Å². The highest BCUT2D eigenvalue weighted by Crippen LogP contribution is 2.35. The summed E-state index contributed by atoms with van der Waals surface area (Å²) in [7, 11) is 0. The highest BCUT2D eigenvalue weighted by Gasteiger charge is 2.32. The van der Waals surface area contributed by atoms with Crippen molar-refractivity contribution in [3.63, 3.8) is 0 Å². The molecule has 2 rings (SSSR count). The van der Waals surface area contributed by atoms with Crippen molar-refractivity contribution in [1.82, 2.24) is 4.90 Å². The van der Waals surface area contributed by atoms with Crippen LogP contribution in [0.3, 0.4) is 0 Å². The maximum absolute atomic E-state index is 6.06. The van der Waals surface area contributed by atoms with Gasteiger partial charge in [-0.15, -0.1) is 24.0 Å². The van der Waals surface area contributed by atoms with Crippen LogP contribution < -0.4 is 5.73 Å². The van der Waals surface area contributed by atoms with Crippen LogP contribution in [0.2, 0.25) is 0 Å². The van der Waals surface area contributed by atoms with Gasteiger partial charge in [0, 0.05) is 19.6 Å². The van der Waals surface area contributed by atoms with Gasteiger partial charge in [-0.05, 0) is 52.9 Å². The maximum atomic E-state index is 6.06. The molecule has 1 unspecified atom stereocenters. The number of halogens is 1. The largest absolute Gasteiger partial charge is 0.375 e. The molecule has 2 N–H and O–H groups in total. The van der Waals surface area contributed by atoms with Gasteiger partial charge in [-0.2, -0.15) is 0 Å². The molecule has 1 aliphatic heterocycles. The minimum atomic E-state index is -0.0226. The molecule has 130 valence electrons. The van der Waals surface area contributed by atoms with Gasteiger partial charge in [0.2, 0.25) is 0 Å². The molecule has 0 bridgehead atoms. The molecule has 0 aromatic heterocycles. The Bertz CT molecular complexity index is 365. The Morgan fingerprint density at radius 3 is 2.64 bits per heavy atom. The van der Waals surface area contributed by atoms with E-state index in [-0.39, 0.29) is 35.7 Å². The monoisotopic (exact) mass is 425 g/mol. The van der Waals surface area contributed by atoms with Gasteiger partial charge >= 0.3 is 0 Å². The van der Waals surface area contributed by atoms with Crippen molar-refractivity contribution in [3.05, 3.63) is 0 Å². The third kappa shape index (κ3) is 6.58. The minimum absolute atomic E-state index is 0. The van der Waals surface area contributed by atoms with Gasteiger partial charge in [-0.1, -0.05) is 0 Å². The first-order chi connectivity index (χ1) is 9.83. The van der Waals surface area contributed by atoms with E-state index in [0.717, 1.165) is 38.6 Å². The average molecular weight is 425 g/mol. The first-order valence-electron chi connectivity index (χ1n) is 8.18. The van der Waals surface area contributed by atoms with Gasteiger partial charge in [-0.3, -0.25) is 4.99 Å². The first-order valence-corrected chi connectivity index (χ1v) is 8.18. The van der Waals surface area contributed by atoms with Crippen LogP contribution in [0.1, 0.15) is 47.0 Å². The Morgan fingerprint density at radius 1 is 1.36 bits per heavy atom. The summed E-state index contributed by atoms with van der Waals surface area (Å²) in [5.41, 5.74) is 6.04. The fraction of sp³-hybridized carbons (Fsp3) is 0.938. The predicted molar refractivity (Wildman–Crippen MR) is 101 cm³/mol. The van der Waals surface area contributed by atoms with Crippen LogP contribution in [0.4, 0.5) is 0 Å². The second-order valence-corrected chi connectivity index (χ2v) is 7.35. The number of hydrogen-bond donors (Lipinski definition) is 1. The summed E-state index contributed by atoms with van der Waals surface area (Å²) in [5, 5.41) is 0. The number of guanidine groups is 1. The molecule has 2 fully saturated rings. The van der Waals surface area contributed by atoms with Crippen molar-refractivity contribution in [2.24, 2.45) is 16.6 Å². The molecule has 1 saturated heterocycles. The summed E-state index contributed by atoms with van der Waals surface area (Å²) in [5.74, 6) is 1.42. The number of rotatable bonds is 4. The topological polar surface area (TPSA) is 60.1 Å². The van der Waals surface area contributed by atoms with E-state index in [1.54, 1.807) is 0 Å². The lowest BCUT2D eigenvalue weighted by Gasteiger charge is -2.39. The smallest absolute Gasteiger partial charge is 0.191 e. The summed E-state index contributed by atoms with van der Waals surface area (Å²) in [6.07, 6.45) is 4.14. The second-order valence-electron chi connectivity index (χ2n) is 7.35. The SMILES string of the molecule is CC1CN(C(N)=NCCC2CC(OC(C)(C)C)C2)CCO1.I. The molecule has 1 heterocycles. The van der Waals surface area contributed by atoms with Crippen LogP contribution >= 0.6 is 24.0 Å². The Hall–Kier alpha value is -0.0800. The van der Waals surface area contributed by atoms with Gasteiger partial charge in [0.25, 0.3) is 0 Å². The van der Waals surface area contributed by atoms with Gasteiger partial charge in [0.1, 0.15) is 0 Å². The van der Waals surface area contributed by atoms with Crippen LogP contribution in [0.25, 0.3) is 0 Å². The fourth-order valence-electron chi connectivity index (χ4n) is 2.99. The summed E-state index contributed by atoms with van der Waals surface area (Å²) < 4.78 is 11.5. The fourth-order valence-corrected chi connectivity index (χ4v) is 2.99. The lowest BCUT2D eigenvalue weighted by molar-refractivity contribution is -0.112. The Morgan fingerprint density at radius 2 is 2.05 bits per heavy atom. The highest BCUT2D eigenvalue weighted by molar-refractivity contribution is 14.0. The van der Waals surface area contributed by atoms with E-state index in [0.29, 0.717) is 12.1 Å². The third-order valence-electron chi connectivity index (χ3n) is 4.09. The minimum Gasteiger partial charge on any atom is -0.375 e. The van der Waals surface area contributed by atoms with Gasteiger partial charge in [-0.25, -0.2) is 0 Å². The average Bonchev–Trinajstić information content (AvgIpc) is 2.34. The number of ether oxygens (including phenoxy) is 2. The molecule has 0 spiro atoms. The summed E-state index contributed by atoms with van der Waals surface area (Å²) in [6.45, 7) is 11.7. The van der Waals surface area contributed by atoms with Gasteiger partial charge in [0.15, 0.2) is 5.96 Å². The number of aliphatic imine (C=N–C) groups is 1. The number of nitrogens with two attached hydrogens (primary N) is 1. The van der Waals surface area contributed by atoms with E-state index in [1.165, 1.54) is 12.8 Å². The van der Waals surface area contributed by atoms with Crippen molar-refractivity contribution in [1.29, 1.82) is 0 Å². The molecular weight excluding hydrogens is 393 g/mol. The molecule has 0 radical (unpaired) electrons. The summed E-state index contributed by atoms with van der Waals surface area (Å²) in [4.78, 5) is 6.65. The van der Waals surface area contributed by atoms with E-state index < -0.39 is 0 Å². The van der Waals surface area contributed by atoms with Crippen molar-refractivity contribution < 1.29 is 9.47 Å². The van der Waals surface area contributed by atoms with Crippen LogP contribution in [0.15, 0.2) is 4.99 Å². The molecule has 22 heavy (non-hydrogen) atoms. The summed E-state index contributed by atoms with van der Waals surface area (Å²) in [6, 6.07) is 0. The number of nitrogens with zero attached hydrogens (tertiary/aromatic N) is 2. The zero-order valence-electron chi connectivity index (χ0n) is 14.4. The van der Waals surface area contributed by atoms with Gasteiger partial charge < -0.3 is 20.1 Å². The molecule has 1 aliphatic carbocycles. The van der Waals surface area contributed by atoms with Crippen LogP contribution in [-0.2, 0) is 9.47 Å². The van der Waals surface area contributed by atoms with Crippen LogP contribution in [0.5, 0.6) is 0 Å². The highest BCUT2D eigenvalue weighted by atomic mass is 127. The quantitative estimate of drug-likeness (QED) is 0.428. The Balaban J connectivity index is 0.00000242. The molecule has 0 aromatic carbocycles. The van der Waals surface area contributed by atoms with Gasteiger partial charge in [0.05, 0.1) is 24.4 Å². The third-order valence-corrected chi connectivity index (χ3v) is 4.09. The zero-order chi connectivity index (χ0) is 15.5. The maximum Gasteiger partial charge on any atom is 0.191 e. The molecule has 1 saturated carbocycles. The molecule has 2 aliphatic rings. The van der Waals surface area contributed by atoms with Crippen molar-refractivity contribution in [3.8, 4) is 0 Å². The molecule has 1 atom stereocenters. The summed E-state index contributed by atoms with van der Waals surface area (Å²) >= 11 is 0. The van der Waals surface area contributed by atoms with E-state index in [2.05, 4.69) is 37.6 Å². The van der Waals surface area contributed by atoms with Crippen LogP contribution in [-0.4, -0.2) is 54.9 Å². The van der Waals surface area contributed by atoms with Crippen molar-refractivity contribution in [2.45, 2.75) is 64.8 Å². The standard InChI is InChI=1S/C16H31N3O2.HI/c1-12-11-19(7-8-20-12)15(17)18-6-5-13-9-14(10-13)21-16(2,3)4;/h12-14H,5-11H2,1-4H3,(H2,17,18);1H. The predicted octanol–water partition coefficient (Wildman–Crippen LogP) is 2.62. The van der Waals surface area contributed by atoms with E-state index >= 15 is 0 Å². The number of morpholine rings is 1. The van der Waals surface area contributed by atoms with E-state index in [4.69, 9.17) is 15.2 Å². The zero-order valence-corrected chi connectivity index (χ0v) is 16.7. The van der Waals surface area contributed by atoms with E-state index in [1.807, 2.05) is 0 Å². The molecule has 6 heteroatoms.